The second-order valence-electron chi connectivity index (χ2n) is 5.65. The zero-order valence-electron chi connectivity index (χ0n) is 15.8. The van der Waals surface area contributed by atoms with Gasteiger partial charge in [-0.2, -0.15) is 0 Å². The van der Waals surface area contributed by atoms with E-state index in [4.69, 9.17) is 18.9 Å². The Balaban J connectivity index is 4.67. The van der Waals surface area contributed by atoms with Crippen LogP contribution in [0.5, 0.6) is 0 Å². The largest absolute Gasteiger partial charge is 0.356 e. The van der Waals surface area contributed by atoms with Crippen LogP contribution in [0.15, 0.2) is 0 Å². The molecular weight excluding hydrogens is 280 g/mol. The van der Waals surface area contributed by atoms with E-state index in [1.54, 1.807) is 7.11 Å². The van der Waals surface area contributed by atoms with Gasteiger partial charge in [0.2, 0.25) is 0 Å². The molecule has 0 saturated carbocycles. The molecule has 4 heteroatoms. The molecule has 134 valence electrons. The van der Waals surface area contributed by atoms with E-state index >= 15 is 0 Å². The Morgan fingerprint density at radius 2 is 1.00 bits per heavy atom. The van der Waals surface area contributed by atoms with Gasteiger partial charge in [-0.15, -0.1) is 0 Å². The van der Waals surface area contributed by atoms with Gasteiger partial charge >= 0.3 is 0 Å². The van der Waals surface area contributed by atoms with Crippen LogP contribution < -0.4 is 0 Å². The summed E-state index contributed by atoms with van der Waals surface area (Å²) in [6, 6.07) is 0. The molecule has 22 heavy (non-hydrogen) atoms. The molecule has 0 aliphatic rings. The molecule has 0 aromatic rings. The van der Waals surface area contributed by atoms with Crippen LogP contribution in [0.1, 0.15) is 80.1 Å². The Morgan fingerprint density at radius 3 is 1.32 bits per heavy atom. The zero-order chi connectivity index (χ0) is 17.0. The lowest BCUT2D eigenvalue weighted by molar-refractivity contribution is -0.243. The summed E-state index contributed by atoms with van der Waals surface area (Å²) in [6.45, 7) is 12.7. The van der Waals surface area contributed by atoms with Crippen LogP contribution >= 0.6 is 0 Å². The van der Waals surface area contributed by atoms with Crippen molar-refractivity contribution in [2.45, 2.75) is 111 Å². The number of hydrogen-bond acceptors (Lipinski definition) is 4. The Kier molecular flexibility index (Phi) is 13.2. The minimum atomic E-state index is -0.164. The second-order valence-corrected chi connectivity index (χ2v) is 5.65. The maximum absolute atomic E-state index is 6.22. The number of methoxy groups -OCH3 is 1. The maximum atomic E-state index is 6.22. The van der Waals surface area contributed by atoms with Gasteiger partial charge in [-0.25, -0.2) is 0 Å². The summed E-state index contributed by atoms with van der Waals surface area (Å²) in [6.07, 6.45) is 5.55. The molecule has 0 saturated heterocycles. The van der Waals surface area contributed by atoms with E-state index in [0.717, 1.165) is 38.5 Å². The monoisotopic (exact) mass is 318 g/mol. The van der Waals surface area contributed by atoms with Gasteiger partial charge in [-0.3, -0.25) is 0 Å². The van der Waals surface area contributed by atoms with Gasteiger partial charge in [0.25, 0.3) is 0 Å². The van der Waals surface area contributed by atoms with E-state index < -0.39 is 0 Å². The summed E-state index contributed by atoms with van der Waals surface area (Å²) >= 11 is 0. The molecule has 4 unspecified atom stereocenters. The van der Waals surface area contributed by atoms with Gasteiger partial charge in [0.1, 0.15) is 0 Å². The molecule has 4 nitrogen and oxygen atoms in total. The zero-order valence-corrected chi connectivity index (χ0v) is 15.8. The van der Waals surface area contributed by atoms with Crippen LogP contribution in [-0.2, 0) is 18.9 Å². The van der Waals surface area contributed by atoms with Crippen molar-refractivity contribution in [3.63, 3.8) is 0 Å². The number of rotatable bonds is 14. The predicted molar refractivity (Wildman–Crippen MR) is 91.0 cm³/mol. The van der Waals surface area contributed by atoms with E-state index in [2.05, 4.69) is 41.5 Å². The summed E-state index contributed by atoms with van der Waals surface area (Å²) in [4.78, 5) is 0. The molecule has 0 bridgehead atoms. The normalized spacial score (nSPS) is 17.5. The third-order valence-corrected chi connectivity index (χ3v) is 4.06. The van der Waals surface area contributed by atoms with Crippen LogP contribution in [0.3, 0.4) is 0 Å². The summed E-state index contributed by atoms with van der Waals surface area (Å²) in [5.74, 6) is 0. The average molecular weight is 318 g/mol. The van der Waals surface area contributed by atoms with Gasteiger partial charge < -0.3 is 18.9 Å². The van der Waals surface area contributed by atoms with Crippen molar-refractivity contribution in [1.82, 2.24) is 0 Å². The van der Waals surface area contributed by atoms with E-state index in [1.807, 2.05) is 0 Å². The minimum absolute atomic E-state index is 0.0357. The van der Waals surface area contributed by atoms with E-state index in [-0.39, 0.29) is 30.9 Å². The van der Waals surface area contributed by atoms with E-state index in [9.17, 15) is 0 Å². The lowest BCUT2D eigenvalue weighted by atomic mass is 10.1. The minimum Gasteiger partial charge on any atom is -0.356 e. The topological polar surface area (TPSA) is 36.9 Å². The SMILES string of the molecule is CCC(CC)OC(CC)OC(CC)C(CC)OC(CC)OC. The Labute approximate surface area is 137 Å². The van der Waals surface area contributed by atoms with Crippen molar-refractivity contribution >= 4 is 0 Å². The molecule has 0 aromatic heterocycles. The van der Waals surface area contributed by atoms with Crippen LogP contribution in [0, 0.1) is 0 Å². The van der Waals surface area contributed by atoms with Crippen molar-refractivity contribution in [2.24, 2.45) is 0 Å². The molecule has 0 heterocycles. The van der Waals surface area contributed by atoms with Crippen LogP contribution in [0.2, 0.25) is 0 Å². The lowest BCUT2D eigenvalue weighted by Crippen LogP contribution is -2.38. The Morgan fingerprint density at radius 1 is 0.545 bits per heavy atom. The first-order chi connectivity index (χ1) is 10.6. The molecule has 0 aliphatic carbocycles. The summed E-state index contributed by atoms with van der Waals surface area (Å²) in [5.41, 5.74) is 0. The van der Waals surface area contributed by atoms with Crippen molar-refractivity contribution in [3.05, 3.63) is 0 Å². The number of hydrogen-bond donors (Lipinski definition) is 0. The molecule has 0 amide bonds. The summed E-state index contributed by atoms with van der Waals surface area (Å²) in [5, 5.41) is 0. The average Bonchev–Trinajstić information content (AvgIpc) is 2.57. The molecule has 0 spiro atoms. The standard InChI is InChI=1S/C18H38O4/c1-8-14(9-2)20-18(13-6)22-16(11-4)15(10-3)21-17(12-5)19-7/h14-18H,8-13H2,1-7H3. The van der Waals surface area contributed by atoms with Gasteiger partial charge in [-0.1, -0.05) is 41.5 Å². The van der Waals surface area contributed by atoms with Gasteiger partial charge in [0, 0.05) is 7.11 Å². The van der Waals surface area contributed by atoms with Gasteiger partial charge in [0.05, 0.1) is 18.3 Å². The summed E-state index contributed by atoms with van der Waals surface area (Å²) in [7, 11) is 1.69. The van der Waals surface area contributed by atoms with Gasteiger partial charge in [0.15, 0.2) is 12.6 Å². The fourth-order valence-corrected chi connectivity index (χ4v) is 2.52. The van der Waals surface area contributed by atoms with Crippen LogP contribution in [0.4, 0.5) is 0 Å². The highest BCUT2D eigenvalue weighted by atomic mass is 16.7. The first-order valence-corrected chi connectivity index (χ1v) is 9.08. The molecular formula is C18H38O4. The highest BCUT2D eigenvalue weighted by Crippen LogP contribution is 2.20. The fraction of sp³-hybridized carbons (Fsp3) is 1.00. The smallest absolute Gasteiger partial charge is 0.158 e. The molecule has 4 atom stereocenters. The first-order valence-electron chi connectivity index (χ1n) is 9.08. The third-order valence-electron chi connectivity index (χ3n) is 4.06. The van der Waals surface area contributed by atoms with E-state index in [1.165, 1.54) is 0 Å². The van der Waals surface area contributed by atoms with Crippen molar-refractivity contribution < 1.29 is 18.9 Å². The highest BCUT2D eigenvalue weighted by molar-refractivity contribution is 4.70. The Bertz CT molecular complexity index is 239. The van der Waals surface area contributed by atoms with E-state index in [0.29, 0.717) is 0 Å². The van der Waals surface area contributed by atoms with Gasteiger partial charge in [-0.05, 0) is 38.5 Å². The fourth-order valence-electron chi connectivity index (χ4n) is 2.52. The molecule has 0 fully saturated rings. The van der Waals surface area contributed by atoms with Crippen molar-refractivity contribution in [2.75, 3.05) is 7.11 Å². The molecule has 0 N–H and O–H groups in total. The van der Waals surface area contributed by atoms with Crippen LogP contribution in [-0.4, -0.2) is 38.0 Å². The lowest BCUT2D eigenvalue weighted by Gasteiger charge is -2.32. The van der Waals surface area contributed by atoms with Crippen LogP contribution in [0.25, 0.3) is 0 Å². The quantitative estimate of drug-likeness (QED) is 0.427. The second kappa shape index (κ2) is 13.3. The highest BCUT2D eigenvalue weighted by Gasteiger charge is 2.26. The Hall–Kier alpha value is -0.160. The number of ether oxygens (including phenoxy) is 4. The molecule has 0 aliphatic heterocycles. The first kappa shape index (κ1) is 21.8. The molecule has 0 aromatic carbocycles. The molecule has 0 rings (SSSR count). The van der Waals surface area contributed by atoms with Crippen molar-refractivity contribution in [3.8, 4) is 0 Å². The molecule has 0 radical (unpaired) electrons. The summed E-state index contributed by atoms with van der Waals surface area (Å²) < 4.78 is 23.7. The predicted octanol–water partition coefficient (Wildman–Crippen LogP) is 4.90. The third kappa shape index (κ3) is 7.91. The van der Waals surface area contributed by atoms with Crippen molar-refractivity contribution in [1.29, 1.82) is 0 Å². The maximum Gasteiger partial charge on any atom is 0.158 e.